The Morgan fingerprint density at radius 1 is 1.21 bits per heavy atom. The number of halogens is 3. The second kappa shape index (κ2) is 7.75. The maximum absolute atomic E-state index is 14.3. The van der Waals surface area contributed by atoms with Gasteiger partial charge in [0.1, 0.15) is 23.1 Å². The van der Waals surface area contributed by atoms with Gasteiger partial charge in [-0.05, 0) is 48.4 Å². The van der Waals surface area contributed by atoms with E-state index in [-0.39, 0.29) is 12.3 Å². The monoisotopic (exact) mass is 402 g/mol. The first kappa shape index (κ1) is 20.7. The Hall–Kier alpha value is -3.06. The van der Waals surface area contributed by atoms with Gasteiger partial charge in [0, 0.05) is 17.0 Å². The second-order valence-electron chi connectivity index (χ2n) is 7.31. The van der Waals surface area contributed by atoms with Crippen LogP contribution in [0.4, 0.5) is 23.7 Å². The van der Waals surface area contributed by atoms with Crippen molar-refractivity contribution in [1.82, 2.24) is 0 Å². The number of allylic oxidation sites excluding steroid dienone is 2. The molecule has 0 heterocycles. The zero-order valence-electron chi connectivity index (χ0n) is 16.0. The van der Waals surface area contributed by atoms with Gasteiger partial charge in [-0.15, -0.1) is 0 Å². The fourth-order valence-electron chi connectivity index (χ4n) is 3.60. The van der Waals surface area contributed by atoms with E-state index in [1.54, 1.807) is 32.1 Å². The van der Waals surface area contributed by atoms with Crippen molar-refractivity contribution in [2.75, 3.05) is 11.5 Å². The van der Waals surface area contributed by atoms with Crippen molar-refractivity contribution < 1.29 is 23.1 Å². The molecular weight excluding hydrogens is 381 g/mol. The van der Waals surface area contributed by atoms with Gasteiger partial charge in [0.05, 0.1) is 6.61 Å². The SMILES string of the molecule is Cc1cc(F)ccc1C1C=C(N(C(N)=O)c2c(F)cccc2F)C=CC1(C)CO. The topological polar surface area (TPSA) is 66.6 Å². The molecule has 29 heavy (non-hydrogen) atoms. The molecule has 2 aromatic carbocycles. The Labute approximate surface area is 166 Å². The number of nitrogens with two attached hydrogens (primary N) is 1. The van der Waals surface area contributed by atoms with Crippen LogP contribution in [0.15, 0.2) is 60.3 Å². The van der Waals surface area contributed by atoms with E-state index in [4.69, 9.17) is 5.73 Å². The summed E-state index contributed by atoms with van der Waals surface area (Å²) in [6.45, 7) is 3.28. The Bertz CT molecular complexity index is 999. The van der Waals surface area contributed by atoms with Crippen molar-refractivity contribution in [2.45, 2.75) is 19.8 Å². The molecule has 4 nitrogen and oxygen atoms in total. The molecule has 0 fully saturated rings. The molecule has 0 saturated carbocycles. The molecule has 7 heteroatoms. The molecule has 2 atom stereocenters. The number of para-hydroxylation sites is 1. The normalized spacial score (nSPS) is 21.0. The van der Waals surface area contributed by atoms with E-state index in [0.717, 1.165) is 17.0 Å². The van der Waals surface area contributed by atoms with Gasteiger partial charge < -0.3 is 10.8 Å². The first-order valence-corrected chi connectivity index (χ1v) is 8.99. The molecule has 0 aliphatic heterocycles. The molecule has 152 valence electrons. The maximum Gasteiger partial charge on any atom is 0.324 e. The summed E-state index contributed by atoms with van der Waals surface area (Å²) in [4.78, 5) is 12.9. The minimum atomic E-state index is -1.06. The zero-order valence-corrected chi connectivity index (χ0v) is 16.0. The van der Waals surface area contributed by atoms with Crippen molar-refractivity contribution in [3.63, 3.8) is 0 Å². The van der Waals surface area contributed by atoms with Crippen LogP contribution >= 0.6 is 0 Å². The average molecular weight is 402 g/mol. The third kappa shape index (κ3) is 3.78. The van der Waals surface area contributed by atoms with Crippen LogP contribution in [0.1, 0.15) is 24.0 Å². The molecular formula is C22H21F3N2O2. The van der Waals surface area contributed by atoms with Gasteiger partial charge in [-0.2, -0.15) is 0 Å². The highest BCUT2D eigenvalue weighted by molar-refractivity contribution is 5.95. The third-order valence-corrected chi connectivity index (χ3v) is 5.23. The van der Waals surface area contributed by atoms with Gasteiger partial charge in [0.2, 0.25) is 0 Å². The number of aliphatic hydroxyl groups excluding tert-OH is 1. The number of anilines is 1. The van der Waals surface area contributed by atoms with Crippen LogP contribution in [0.5, 0.6) is 0 Å². The molecule has 0 saturated heterocycles. The highest BCUT2D eigenvalue weighted by atomic mass is 19.1. The summed E-state index contributed by atoms with van der Waals surface area (Å²) in [6.07, 6.45) is 4.75. The number of carbonyl (C=O) groups excluding carboxylic acids is 1. The number of benzene rings is 2. The summed E-state index contributed by atoms with van der Waals surface area (Å²) in [5, 5.41) is 9.99. The summed E-state index contributed by atoms with van der Waals surface area (Å²) in [5.74, 6) is -2.78. The van der Waals surface area contributed by atoms with Gasteiger partial charge in [0.25, 0.3) is 0 Å². The lowest BCUT2D eigenvalue weighted by molar-refractivity contribution is 0.169. The summed E-state index contributed by atoms with van der Waals surface area (Å²) in [5.41, 5.74) is 5.60. The summed E-state index contributed by atoms with van der Waals surface area (Å²) >= 11 is 0. The van der Waals surface area contributed by atoms with Gasteiger partial charge in [0.15, 0.2) is 0 Å². The lowest BCUT2D eigenvalue weighted by Gasteiger charge is -2.37. The summed E-state index contributed by atoms with van der Waals surface area (Å²) in [6, 6.07) is 6.44. The number of nitrogens with zero attached hydrogens (tertiary/aromatic N) is 1. The minimum Gasteiger partial charge on any atom is -0.395 e. The van der Waals surface area contributed by atoms with E-state index in [2.05, 4.69) is 0 Å². The molecule has 2 aromatic rings. The minimum absolute atomic E-state index is 0.154. The van der Waals surface area contributed by atoms with Crippen LogP contribution in [0.25, 0.3) is 0 Å². The molecule has 2 amide bonds. The molecule has 3 N–H and O–H groups in total. The molecule has 3 rings (SSSR count). The maximum atomic E-state index is 14.3. The highest BCUT2D eigenvalue weighted by Gasteiger charge is 2.37. The molecule has 1 aliphatic carbocycles. The van der Waals surface area contributed by atoms with E-state index < -0.39 is 40.5 Å². The molecule has 1 aliphatic rings. The number of amides is 2. The van der Waals surface area contributed by atoms with Crippen molar-refractivity contribution in [3.05, 3.63) is 88.9 Å². The van der Waals surface area contributed by atoms with E-state index in [1.807, 2.05) is 0 Å². The van der Waals surface area contributed by atoms with Crippen LogP contribution in [0.3, 0.4) is 0 Å². The first-order valence-electron chi connectivity index (χ1n) is 8.99. The fraction of sp³-hybridized carbons (Fsp3) is 0.227. The Morgan fingerprint density at radius 2 is 1.86 bits per heavy atom. The number of carbonyl (C=O) groups is 1. The second-order valence-corrected chi connectivity index (χ2v) is 7.31. The molecule has 2 unspecified atom stereocenters. The number of aryl methyl sites for hydroxylation is 1. The fourth-order valence-corrected chi connectivity index (χ4v) is 3.60. The molecule has 0 spiro atoms. The third-order valence-electron chi connectivity index (χ3n) is 5.23. The van der Waals surface area contributed by atoms with Crippen LogP contribution in [-0.4, -0.2) is 17.7 Å². The highest BCUT2D eigenvalue weighted by Crippen LogP contribution is 2.44. The number of primary amides is 1. The van der Waals surface area contributed by atoms with Gasteiger partial charge >= 0.3 is 6.03 Å². The predicted molar refractivity (Wildman–Crippen MR) is 105 cm³/mol. The largest absolute Gasteiger partial charge is 0.395 e. The number of hydrogen-bond acceptors (Lipinski definition) is 2. The lowest BCUT2D eigenvalue weighted by atomic mass is 9.70. The smallest absolute Gasteiger partial charge is 0.324 e. The van der Waals surface area contributed by atoms with Crippen molar-refractivity contribution in [1.29, 1.82) is 0 Å². The van der Waals surface area contributed by atoms with Crippen LogP contribution in [-0.2, 0) is 0 Å². The first-order chi connectivity index (χ1) is 13.7. The summed E-state index contributed by atoms with van der Waals surface area (Å²) in [7, 11) is 0. The average Bonchev–Trinajstić information content (AvgIpc) is 2.66. The van der Waals surface area contributed by atoms with E-state index in [1.165, 1.54) is 24.3 Å². The van der Waals surface area contributed by atoms with Crippen molar-refractivity contribution >= 4 is 11.7 Å². The zero-order chi connectivity index (χ0) is 21.3. The number of aliphatic hydroxyl groups is 1. The lowest BCUT2D eigenvalue weighted by Crippen LogP contribution is -2.38. The number of hydrogen-bond donors (Lipinski definition) is 2. The van der Waals surface area contributed by atoms with Crippen LogP contribution in [0.2, 0.25) is 0 Å². The summed E-state index contributed by atoms with van der Waals surface area (Å²) < 4.78 is 42.3. The predicted octanol–water partition coefficient (Wildman–Crippen LogP) is 4.53. The standard InChI is InChI=1S/C22H21F3N2O2/c1-13-10-14(23)6-7-16(13)17-11-15(8-9-22(17,2)12-28)27(21(26)29)20-18(24)4-3-5-19(20)25/h3-11,17,28H,12H2,1-2H3,(H2,26,29). The number of urea groups is 1. The van der Waals surface area contributed by atoms with Gasteiger partial charge in [-0.25, -0.2) is 18.0 Å². The Kier molecular flexibility index (Phi) is 5.53. The van der Waals surface area contributed by atoms with Gasteiger partial charge in [-0.3, -0.25) is 4.90 Å². The molecule has 0 bridgehead atoms. The van der Waals surface area contributed by atoms with Gasteiger partial charge in [-0.1, -0.05) is 31.2 Å². The van der Waals surface area contributed by atoms with E-state index in [9.17, 15) is 23.1 Å². The Morgan fingerprint density at radius 3 is 2.41 bits per heavy atom. The van der Waals surface area contributed by atoms with Crippen molar-refractivity contribution in [2.24, 2.45) is 11.1 Å². The van der Waals surface area contributed by atoms with E-state index in [0.29, 0.717) is 11.1 Å². The number of rotatable bonds is 4. The van der Waals surface area contributed by atoms with Crippen molar-refractivity contribution in [3.8, 4) is 0 Å². The van der Waals surface area contributed by atoms with Crippen LogP contribution in [0, 0.1) is 29.8 Å². The molecule has 0 radical (unpaired) electrons. The Balaban J connectivity index is 2.17. The van der Waals surface area contributed by atoms with Crippen LogP contribution < -0.4 is 10.6 Å². The van der Waals surface area contributed by atoms with E-state index >= 15 is 0 Å². The quantitative estimate of drug-likeness (QED) is 0.789. The molecule has 0 aromatic heterocycles.